The van der Waals surface area contributed by atoms with E-state index in [2.05, 4.69) is 5.32 Å². The molecule has 0 aliphatic rings. The Morgan fingerprint density at radius 1 is 1.59 bits per heavy atom. The Labute approximate surface area is 97.2 Å². The van der Waals surface area contributed by atoms with Crippen LogP contribution in [0.15, 0.2) is 18.2 Å². The van der Waals surface area contributed by atoms with Gasteiger partial charge in [-0.3, -0.25) is 10.1 Å². The molecule has 0 saturated carbocycles. The molecule has 1 aromatic rings. The van der Waals surface area contributed by atoms with Crippen molar-refractivity contribution in [3.63, 3.8) is 0 Å². The molecule has 0 saturated heterocycles. The molecule has 7 heteroatoms. The highest BCUT2D eigenvalue weighted by molar-refractivity contribution is 5.89. The Kier molecular flexibility index (Phi) is 4.41. The first kappa shape index (κ1) is 12.9. The SMILES string of the molecule is COCCNc1ccc(C(=O)O)cc1[N+](=O)[O-]. The minimum absolute atomic E-state index is 0.117. The summed E-state index contributed by atoms with van der Waals surface area (Å²) in [4.78, 5) is 20.8. The molecule has 0 aromatic heterocycles. The minimum atomic E-state index is -1.20. The average molecular weight is 240 g/mol. The van der Waals surface area contributed by atoms with Crippen molar-refractivity contribution in [2.45, 2.75) is 0 Å². The van der Waals surface area contributed by atoms with E-state index in [4.69, 9.17) is 9.84 Å². The monoisotopic (exact) mass is 240 g/mol. The lowest BCUT2D eigenvalue weighted by Crippen LogP contribution is -2.09. The number of nitrogens with one attached hydrogen (secondary N) is 1. The van der Waals surface area contributed by atoms with E-state index in [1.165, 1.54) is 19.2 Å². The topological polar surface area (TPSA) is 102 Å². The highest BCUT2D eigenvalue weighted by Crippen LogP contribution is 2.25. The van der Waals surface area contributed by atoms with Crippen molar-refractivity contribution < 1.29 is 19.6 Å². The van der Waals surface area contributed by atoms with Gasteiger partial charge >= 0.3 is 5.97 Å². The van der Waals surface area contributed by atoms with Crippen LogP contribution in [0.1, 0.15) is 10.4 Å². The first-order chi connectivity index (χ1) is 8.06. The number of nitro groups is 1. The number of hydrogen-bond donors (Lipinski definition) is 2. The number of benzene rings is 1. The molecule has 1 aromatic carbocycles. The second kappa shape index (κ2) is 5.80. The van der Waals surface area contributed by atoms with Crippen molar-refractivity contribution in [1.29, 1.82) is 0 Å². The Hall–Kier alpha value is -2.15. The minimum Gasteiger partial charge on any atom is -0.478 e. The number of rotatable bonds is 6. The predicted molar refractivity (Wildman–Crippen MR) is 60.4 cm³/mol. The van der Waals surface area contributed by atoms with Gasteiger partial charge in [-0.1, -0.05) is 0 Å². The van der Waals surface area contributed by atoms with Crippen LogP contribution in [0.3, 0.4) is 0 Å². The van der Waals surface area contributed by atoms with Crippen LogP contribution >= 0.6 is 0 Å². The fraction of sp³-hybridized carbons (Fsp3) is 0.300. The van der Waals surface area contributed by atoms with Crippen molar-refractivity contribution in [2.75, 3.05) is 25.6 Å². The summed E-state index contributed by atoms with van der Waals surface area (Å²) < 4.78 is 4.80. The fourth-order valence-electron chi connectivity index (χ4n) is 1.25. The molecular formula is C10H12N2O5. The summed E-state index contributed by atoms with van der Waals surface area (Å²) in [5, 5.41) is 22.3. The fourth-order valence-corrected chi connectivity index (χ4v) is 1.25. The Bertz CT molecular complexity index is 433. The van der Waals surface area contributed by atoms with E-state index in [0.29, 0.717) is 13.2 Å². The molecule has 17 heavy (non-hydrogen) atoms. The number of carboxylic acids is 1. The van der Waals surface area contributed by atoms with Gasteiger partial charge in [0.1, 0.15) is 5.69 Å². The molecule has 0 aliphatic carbocycles. The summed E-state index contributed by atoms with van der Waals surface area (Å²) >= 11 is 0. The number of methoxy groups -OCH3 is 1. The molecule has 92 valence electrons. The third-order valence-electron chi connectivity index (χ3n) is 2.06. The molecule has 2 N–H and O–H groups in total. The number of nitrogens with zero attached hydrogens (tertiary/aromatic N) is 1. The van der Waals surface area contributed by atoms with E-state index in [9.17, 15) is 14.9 Å². The molecule has 0 fully saturated rings. The normalized spacial score (nSPS) is 9.94. The van der Waals surface area contributed by atoms with Crippen molar-refractivity contribution in [1.82, 2.24) is 0 Å². The summed E-state index contributed by atoms with van der Waals surface area (Å²) in [6.07, 6.45) is 0. The zero-order chi connectivity index (χ0) is 12.8. The summed E-state index contributed by atoms with van der Waals surface area (Å²) in [6.45, 7) is 0.807. The number of hydrogen-bond acceptors (Lipinski definition) is 5. The molecule has 0 aliphatic heterocycles. The second-order valence-corrected chi connectivity index (χ2v) is 3.21. The Morgan fingerprint density at radius 2 is 2.29 bits per heavy atom. The van der Waals surface area contributed by atoms with E-state index in [0.717, 1.165) is 6.07 Å². The number of carboxylic acid groups (broad SMARTS) is 1. The number of ether oxygens (including phenoxy) is 1. The van der Waals surface area contributed by atoms with Gasteiger partial charge in [0, 0.05) is 19.7 Å². The van der Waals surface area contributed by atoms with Crippen LogP contribution in [0.5, 0.6) is 0 Å². The summed E-state index contributed by atoms with van der Waals surface area (Å²) in [7, 11) is 1.52. The summed E-state index contributed by atoms with van der Waals surface area (Å²) in [6, 6.07) is 3.71. The quantitative estimate of drug-likeness (QED) is 0.442. The van der Waals surface area contributed by atoms with Crippen molar-refractivity contribution >= 4 is 17.3 Å². The molecule has 0 unspecified atom stereocenters. The average Bonchev–Trinajstić information content (AvgIpc) is 2.29. The van der Waals surface area contributed by atoms with Crippen molar-refractivity contribution in [3.05, 3.63) is 33.9 Å². The second-order valence-electron chi connectivity index (χ2n) is 3.21. The van der Waals surface area contributed by atoms with Gasteiger partial charge in [0.2, 0.25) is 0 Å². The molecular weight excluding hydrogens is 228 g/mol. The van der Waals surface area contributed by atoms with Gasteiger partial charge in [0.05, 0.1) is 17.1 Å². The molecule has 0 radical (unpaired) electrons. The standard InChI is InChI=1S/C10H12N2O5/c1-17-5-4-11-8-3-2-7(10(13)14)6-9(8)12(15)16/h2-3,6,11H,4-5H2,1H3,(H,13,14). The van der Waals surface area contributed by atoms with Crippen LogP contribution < -0.4 is 5.32 Å². The van der Waals surface area contributed by atoms with Gasteiger partial charge < -0.3 is 15.2 Å². The number of aromatic carboxylic acids is 1. The molecule has 1 rings (SSSR count). The molecule has 0 heterocycles. The third-order valence-corrected chi connectivity index (χ3v) is 2.06. The van der Waals surface area contributed by atoms with Crippen LogP contribution in [-0.2, 0) is 4.74 Å². The predicted octanol–water partition coefficient (Wildman–Crippen LogP) is 1.35. The zero-order valence-corrected chi connectivity index (χ0v) is 9.17. The van der Waals surface area contributed by atoms with Gasteiger partial charge in [-0.15, -0.1) is 0 Å². The molecule has 7 nitrogen and oxygen atoms in total. The Balaban J connectivity index is 2.96. The van der Waals surface area contributed by atoms with Crippen LogP contribution in [0.2, 0.25) is 0 Å². The van der Waals surface area contributed by atoms with E-state index >= 15 is 0 Å². The molecule has 0 amide bonds. The zero-order valence-electron chi connectivity index (χ0n) is 9.17. The summed E-state index contributed by atoms with van der Waals surface area (Å²) in [5.74, 6) is -1.20. The van der Waals surface area contributed by atoms with Gasteiger partial charge in [0.15, 0.2) is 0 Å². The largest absolute Gasteiger partial charge is 0.478 e. The Morgan fingerprint density at radius 3 is 2.82 bits per heavy atom. The molecule has 0 bridgehead atoms. The highest BCUT2D eigenvalue weighted by Gasteiger charge is 2.16. The molecule has 0 spiro atoms. The van der Waals surface area contributed by atoms with E-state index < -0.39 is 10.9 Å². The molecule has 0 atom stereocenters. The lowest BCUT2D eigenvalue weighted by atomic mass is 10.1. The van der Waals surface area contributed by atoms with Gasteiger partial charge in [-0.05, 0) is 12.1 Å². The first-order valence-electron chi connectivity index (χ1n) is 4.80. The first-order valence-corrected chi connectivity index (χ1v) is 4.80. The van der Waals surface area contributed by atoms with Crippen LogP contribution in [-0.4, -0.2) is 36.3 Å². The summed E-state index contributed by atoms with van der Waals surface area (Å²) in [5.41, 5.74) is -0.105. The van der Waals surface area contributed by atoms with Crippen molar-refractivity contribution in [2.24, 2.45) is 0 Å². The number of carbonyl (C=O) groups is 1. The van der Waals surface area contributed by atoms with Crippen LogP contribution in [0, 0.1) is 10.1 Å². The van der Waals surface area contributed by atoms with E-state index in [1.54, 1.807) is 0 Å². The lowest BCUT2D eigenvalue weighted by Gasteiger charge is -2.06. The number of anilines is 1. The smallest absolute Gasteiger partial charge is 0.335 e. The number of nitro benzene ring substituents is 1. The maximum absolute atomic E-state index is 10.8. The van der Waals surface area contributed by atoms with Gasteiger partial charge in [-0.25, -0.2) is 4.79 Å². The van der Waals surface area contributed by atoms with E-state index in [1.807, 2.05) is 0 Å². The highest BCUT2D eigenvalue weighted by atomic mass is 16.6. The van der Waals surface area contributed by atoms with Gasteiger partial charge in [-0.2, -0.15) is 0 Å². The van der Waals surface area contributed by atoms with Crippen molar-refractivity contribution in [3.8, 4) is 0 Å². The van der Waals surface area contributed by atoms with Crippen LogP contribution in [0.25, 0.3) is 0 Å². The third kappa shape index (κ3) is 3.42. The van der Waals surface area contributed by atoms with E-state index in [-0.39, 0.29) is 16.9 Å². The van der Waals surface area contributed by atoms with Gasteiger partial charge in [0.25, 0.3) is 5.69 Å². The maximum Gasteiger partial charge on any atom is 0.335 e. The van der Waals surface area contributed by atoms with Crippen LogP contribution in [0.4, 0.5) is 11.4 Å². The maximum atomic E-state index is 10.8. The lowest BCUT2D eigenvalue weighted by molar-refractivity contribution is -0.384.